The van der Waals surface area contributed by atoms with Crippen molar-refractivity contribution in [3.63, 3.8) is 0 Å². The van der Waals surface area contributed by atoms with Crippen molar-refractivity contribution >= 4 is 5.91 Å². The zero-order valence-corrected chi connectivity index (χ0v) is 17.6. The van der Waals surface area contributed by atoms with E-state index in [4.69, 9.17) is 5.73 Å². The SMILES string of the molecule is N[C@@]1(NC(=O)c2cnccn2)CNC(c2cc(-c3cnn(CC(F)(F)F)c3)ccc2F)[C@@H](F)C1. The number of nitrogens with one attached hydrogen (secondary N) is 2. The van der Waals surface area contributed by atoms with Gasteiger partial charge < -0.3 is 16.4 Å². The summed E-state index contributed by atoms with van der Waals surface area (Å²) in [7, 11) is 0. The highest BCUT2D eigenvalue weighted by molar-refractivity contribution is 5.92. The lowest BCUT2D eigenvalue weighted by Crippen LogP contribution is -2.66. The van der Waals surface area contributed by atoms with E-state index >= 15 is 4.39 Å². The molecule has 1 saturated heterocycles. The molecule has 0 radical (unpaired) electrons. The lowest BCUT2D eigenvalue weighted by molar-refractivity contribution is -0.142. The van der Waals surface area contributed by atoms with E-state index in [-0.39, 0.29) is 24.2 Å². The number of hydrogen-bond donors (Lipinski definition) is 3. The molecule has 3 heterocycles. The minimum absolute atomic E-state index is 0.00896. The Hall–Kier alpha value is -3.45. The fourth-order valence-corrected chi connectivity index (χ4v) is 3.81. The van der Waals surface area contributed by atoms with Gasteiger partial charge in [-0.3, -0.25) is 14.5 Å². The Bertz CT molecular complexity index is 1170. The molecule has 4 N–H and O–H groups in total. The van der Waals surface area contributed by atoms with Gasteiger partial charge in [0.1, 0.15) is 29.9 Å². The number of piperidine rings is 1. The minimum Gasteiger partial charge on any atom is -0.331 e. The second-order valence-corrected chi connectivity index (χ2v) is 8.06. The maximum absolute atomic E-state index is 15.2. The van der Waals surface area contributed by atoms with Gasteiger partial charge in [-0.15, -0.1) is 0 Å². The second-order valence-electron chi connectivity index (χ2n) is 8.06. The summed E-state index contributed by atoms with van der Waals surface area (Å²) in [5.74, 6) is -1.33. The van der Waals surface area contributed by atoms with E-state index in [1.54, 1.807) is 0 Å². The minimum atomic E-state index is -4.44. The molecule has 3 aromatic rings. The van der Waals surface area contributed by atoms with Gasteiger partial charge in [-0.05, 0) is 17.7 Å². The molecule has 180 valence electrons. The third-order valence-corrected chi connectivity index (χ3v) is 5.36. The van der Waals surface area contributed by atoms with Crippen LogP contribution in [0.1, 0.15) is 28.5 Å². The highest BCUT2D eigenvalue weighted by Gasteiger charge is 2.41. The largest absolute Gasteiger partial charge is 0.408 e. The molecule has 0 saturated carbocycles. The summed E-state index contributed by atoms with van der Waals surface area (Å²) in [5, 5.41) is 9.03. The van der Waals surface area contributed by atoms with Gasteiger partial charge in [0.15, 0.2) is 0 Å². The summed E-state index contributed by atoms with van der Waals surface area (Å²) >= 11 is 0. The smallest absolute Gasteiger partial charge is 0.331 e. The van der Waals surface area contributed by atoms with Gasteiger partial charge in [-0.25, -0.2) is 13.8 Å². The van der Waals surface area contributed by atoms with Crippen LogP contribution < -0.4 is 16.4 Å². The molecule has 34 heavy (non-hydrogen) atoms. The number of carbonyl (C=O) groups excluding carboxylic acids is 1. The molecular weight excluding hydrogens is 461 g/mol. The second kappa shape index (κ2) is 9.06. The number of carbonyl (C=O) groups is 1. The number of benzene rings is 1. The van der Waals surface area contributed by atoms with Crippen molar-refractivity contribution in [3.8, 4) is 11.1 Å². The van der Waals surface area contributed by atoms with Crippen LogP contribution >= 0.6 is 0 Å². The number of halogens is 5. The summed E-state index contributed by atoms with van der Waals surface area (Å²) in [5.41, 5.74) is 5.39. The first-order valence-corrected chi connectivity index (χ1v) is 10.2. The highest BCUT2D eigenvalue weighted by Crippen LogP contribution is 2.33. The van der Waals surface area contributed by atoms with Crippen molar-refractivity contribution in [2.24, 2.45) is 5.73 Å². The number of rotatable bonds is 5. The van der Waals surface area contributed by atoms with Crippen molar-refractivity contribution in [2.75, 3.05) is 6.54 Å². The summed E-state index contributed by atoms with van der Waals surface area (Å²) in [6, 6.07) is 2.75. The van der Waals surface area contributed by atoms with Crippen molar-refractivity contribution in [1.82, 2.24) is 30.4 Å². The monoisotopic (exact) mass is 481 g/mol. The average Bonchev–Trinajstić information content (AvgIpc) is 3.21. The number of nitrogens with zero attached hydrogens (tertiary/aromatic N) is 4. The summed E-state index contributed by atoms with van der Waals surface area (Å²) < 4.78 is 68.3. The summed E-state index contributed by atoms with van der Waals surface area (Å²) in [6.07, 6.45) is -0.0837. The van der Waals surface area contributed by atoms with Crippen LogP contribution in [0.25, 0.3) is 11.1 Å². The zero-order chi connectivity index (χ0) is 24.5. The summed E-state index contributed by atoms with van der Waals surface area (Å²) in [4.78, 5) is 20.0. The Morgan fingerprint density at radius 3 is 2.74 bits per heavy atom. The molecule has 8 nitrogen and oxygen atoms in total. The van der Waals surface area contributed by atoms with Crippen LogP contribution in [0.5, 0.6) is 0 Å². The number of nitrogens with two attached hydrogens (primary N) is 1. The molecular formula is C21H20F5N7O. The van der Waals surface area contributed by atoms with Crippen molar-refractivity contribution < 1.29 is 26.7 Å². The third-order valence-electron chi connectivity index (χ3n) is 5.36. The Labute approximate surface area is 190 Å². The van der Waals surface area contributed by atoms with Gasteiger partial charge in [0.05, 0.1) is 18.4 Å². The molecule has 0 aliphatic carbocycles. The normalized spacial score (nSPS) is 23.0. The number of hydrogen-bond acceptors (Lipinski definition) is 6. The standard InChI is InChI=1S/C21H20F5N7O/c22-15-2-1-12(13-7-31-33(9-13)11-21(24,25)26)5-14(15)18-16(23)6-20(27,10-30-18)32-19(34)17-8-28-3-4-29-17/h1-5,7-9,16,18,30H,6,10-11,27H2,(H,32,34)/t16-,18?,20-/m0/s1. The molecule has 0 bridgehead atoms. The predicted molar refractivity (Wildman–Crippen MR) is 110 cm³/mol. The van der Waals surface area contributed by atoms with Gasteiger partial charge >= 0.3 is 6.18 Å². The van der Waals surface area contributed by atoms with Crippen LogP contribution in [0.3, 0.4) is 0 Å². The van der Waals surface area contributed by atoms with Crippen LogP contribution in [0, 0.1) is 5.82 Å². The molecule has 1 aliphatic rings. The van der Waals surface area contributed by atoms with Gasteiger partial charge in [-0.1, -0.05) is 6.07 Å². The van der Waals surface area contributed by atoms with E-state index in [1.807, 2.05) is 0 Å². The molecule has 1 aliphatic heterocycles. The molecule has 1 fully saturated rings. The fourth-order valence-electron chi connectivity index (χ4n) is 3.81. The topological polar surface area (TPSA) is 111 Å². The van der Waals surface area contributed by atoms with Crippen molar-refractivity contribution in [3.05, 3.63) is 66.3 Å². The van der Waals surface area contributed by atoms with E-state index in [1.165, 1.54) is 43.1 Å². The maximum atomic E-state index is 15.2. The Morgan fingerprint density at radius 2 is 2.06 bits per heavy atom. The van der Waals surface area contributed by atoms with E-state index in [2.05, 4.69) is 25.7 Å². The molecule has 2 aromatic heterocycles. The molecule has 1 amide bonds. The molecule has 1 aromatic carbocycles. The van der Waals surface area contributed by atoms with Gasteiger partial charge in [-0.2, -0.15) is 18.3 Å². The zero-order valence-electron chi connectivity index (χ0n) is 17.6. The van der Waals surface area contributed by atoms with E-state index in [0.717, 1.165) is 10.7 Å². The van der Waals surface area contributed by atoms with Crippen LogP contribution in [-0.4, -0.2) is 50.2 Å². The quantitative estimate of drug-likeness (QED) is 0.382. The van der Waals surface area contributed by atoms with Crippen molar-refractivity contribution in [2.45, 2.75) is 37.0 Å². The first kappa shape index (κ1) is 23.7. The molecule has 1 unspecified atom stereocenters. The van der Waals surface area contributed by atoms with E-state index < -0.39 is 42.3 Å². The third kappa shape index (κ3) is 5.37. The van der Waals surface area contributed by atoms with Crippen LogP contribution in [0.4, 0.5) is 22.0 Å². The lowest BCUT2D eigenvalue weighted by atomic mass is 9.88. The number of amides is 1. The van der Waals surface area contributed by atoms with Crippen LogP contribution in [-0.2, 0) is 6.54 Å². The molecule has 3 atom stereocenters. The van der Waals surface area contributed by atoms with Crippen LogP contribution in [0.2, 0.25) is 0 Å². The first-order valence-electron chi connectivity index (χ1n) is 10.2. The summed E-state index contributed by atoms with van der Waals surface area (Å²) in [6.45, 7) is -1.34. The molecule has 0 spiro atoms. The molecule has 13 heteroatoms. The first-order chi connectivity index (χ1) is 16.0. The van der Waals surface area contributed by atoms with E-state index in [0.29, 0.717) is 11.1 Å². The van der Waals surface area contributed by atoms with E-state index in [9.17, 15) is 22.4 Å². The number of aromatic nitrogens is 4. The Morgan fingerprint density at radius 1 is 1.26 bits per heavy atom. The lowest BCUT2D eigenvalue weighted by Gasteiger charge is -2.40. The van der Waals surface area contributed by atoms with Gasteiger partial charge in [0, 0.05) is 42.7 Å². The van der Waals surface area contributed by atoms with Crippen molar-refractivity contribution in [1.29, 1.82) is 0 Å². The predicted octanol–water partition coefficient (Wildman–Crippen LogP) is 2.50. The highest BCUT2D eigenvalue weighted by atomic mass is 19.4. The average molecular weight is 481 g/mol. The number of alkyl halides is 4. The van der Waals surface area contributed by atoms with Crippen LogP contribution in [0.15, 0.2) is 49.2 Å². The maximum Gasteiger partial charge on any atom is 0.408 e. The van der Waals surface area contributed by atoms with Gasteiger partial charge in [0.25, 0.3) is 5.91 Å². The molecule has 4 rings (SSSR count). The fraction of sp³-hybridized carbons (Fsp3) is 0.333. The Kier molecular flexibility index (Phi) is 6.32. The Balaban J connectivity index is 1.49. The van der Waals surface area contributed by atoms with Gasteiger partial charge in [0.2, 0.25) is 0 Å².